The van der Waals surface area contributed by atoms with Gasteiger partial charge in [-0.25, -0.2) is 0 Å². The van der Waals surface area contributed by atoms with Gasteiger partial charge in [0.25, 0.3) is 0 Å². The molecule has 0 amide bonds. The first kappa shape index (κ1) is 12.8. The number of ether oxygens (including phenoxy) is 2. The summed E-state index contributed by atoms with van der Waals surface area (Å²) in [4.78, 5) is 24.1. The molecule has 2 rings (SSSR count). The first-order valence-corrected chi connectivity index (χ1v) is 6.10. The number of Topliss-reactive ketones (excluding diaryl/α,β-unsaturated/α-hetero) is 2. The molecule has 0 saturated carbocycles. The third kappa shape index (κ3) is 2.59. The standard InChI is InChI=1S/C14H16O4/c1-2-18-13-6-4-3-5-10(13)14(16)11-9-17-8-7-12(11)15/h3-6,11H,2,7-9H2,1H3. The highest BCUT2D eigenvalue weighted by molar-refractivity contribution is 6.12. The van der Waals surface area contributed by atoms with Gasteiger partial charge in [-0.05, 0) is 19.1 Å². The third-order valence-electron chi connectivity index (χ3n) is 2.93. The summed E-state index contributed by atoms with van der Waals surface area (Å²) in [6.45, 7) is 2.93. The van der Waals surface area contributed by atoms with Crippen LogP contribution < -0.4 is 4.74 Å². The Bertz CT molecular complexity index is 453. The van der Waals surface area contributed by atoms with E-state index in [-0.39, 0.29) is 18.2 Å². The topological polar surface area (TPSA) is 52.6 Å². The van der Waals surface area contributed by atoms with Crippen LogP contribution >= 0.6 is 0 Å². The van der Waals surface area contributed by atoms with E-state index in [4.69, 9.17) is 9.47 Å². The Morgan fingerprint density at radius 1 is 1.44 bits per heavy atom. The highest BCUT2D eigenvalue weighted by atomic mass is 16.5. The lowest BCUT2D eigenvalue weighted by molar-refractivity contribution is -0.128. The van der Waals surface area contributed by atoms with Crippen molar-refractivity contribution < 1.29 is 19.1 Å². The predicted octanol–water partition coefficient (Wildman–Crippen LogP) is 1.87. The predicted molar refractivity (Wildman–Crippen MR) is 65.9 cm³/mol. The van der Waals surface area contributed by atoms with Gasteiger partial charge in [-0.2, -0.15) is 0 Å². The van der Waals surface area contributed by atoms with Gasteiger partial charge in [-0.15, -0.1) is 0 Å². The normalized spacial score (nSPS) is 19.6. The Labute approximate surface area is 106 Å². The zero-order valence-corrected chi connectivity index (χ0v) is 10.3. The van der Waals surface area contributed by atoms with E-state index in [0.29, 0.717) is 30.9 Å². The molecule has 0 bridgehead atoms. The number of rotatable bonds is 4. The maximum atomic E-state index is 12.3. The van der Waals surface area contributed by atoms with Crippen LogP contribution in [0.5, 0.6) is 5.75 Å². The molecule has 1 aliphatic rings. The van der Waals surface area contributed by atoms with Crippen molar-refractivity contribution in [1.29, 1.82) is 0 Å². The number of hydrogen-bond donors (Lipinski definition) is 0. The van der Waals surface area contributed by atoms with Gasteiger partial charge >= 0.3 is 0 Å². The van der Waals surface area contributed by atoms with Crippen molar-refractivity contribution in [1.82, 2.24) is 0 Å². The Balaban J connectivity index is 2.24. The summed E-state index contributed by atoms with van der Waals surface area (Å²) in [7, 11) is 0. The van der Waals surface area contributed by atoms with Crippen molar-refractivity contribution in [2.75, 3.05) is 19.8 Å². The maximum absolute atomic E-state index is 12.3. The number of ketones is 2. The average molecular weight is 248 g/mol. The number of benzene rings is 1. The third-order valence-corrected chi connectivity index (χ3v) is 2.93. The fraction of sp³-hybridized carbons (Fsp3) is 0.429. The van der Waals surface area contributed by atoms with Gasteiger partial charge in [0.1, 0.15) is 17.5 Å². The molecule has 1 atom stereocenters. The number of hydrogen-bond acceptors (Lipinski definition) is 4. The van der Waals surface area contributed by atoms with Crippen LogP contribution in [-0.2, 0) is 9.53 Å². The molecule has 0 radical (unpaired) electrons. The van der Waals surface area contributed by atoms with Crippen molar-refractivity contribution in [3.63, 3.8) is 0 Å². The smallest absolute Gasteiger partial charge is 0.179 e. The highest BCUT2D eigenvalue weighted by Gasteiger charge is 2.31. The van der Waals surface area contributed by atoms with Gasteiger partial charge in [0.2, 0.25) is 0 Å². The molecule has 0 aromatic heterocycles. The highest BCUT2D eigenvalue weighted by Crippen LogP contribution is 2.24. The Hall–Kier alpha value is -1.68. The van der Waals surface area contributed by atoms with Crippen molar-refractivity contribution in [2.45, 2.75) is 13.3 Å². The zero-order valence-electron chi connectivity index (χ0n) is 10.3. The minimum absolute atomic E-state index is 0.0439. The summed E-state index contributed by atoms with van der Waals surface area (Å²) < 4.78 is 10.6. The average Bonchev–Trinajstić information content (AvgIpc) is 2.40. The molecular weight excluding hydrogens is 232 g/mol. The molecule has 1 aliphatic heterocycles. The van der Waals surface area contributed by atoms with Crippen LogP contribution in [0.15, 0.2) is 24.3 Å². The van der Waals surface area contributed by atoms with Gasteiger partial charge in [0.05, 0.1) is 25.4 Å². The van der Waals surface area contributed by atoms with Gasteiger partial charge < -0.3 is 9.47 Å². The van der Waals surface area contributed by atoms with E-state index in [2.05, 4.69) is 0 Å². The molecule has 1 saturated heterocycles. The van der Waals surface area contributed by atoms with Crippen LogP contribution in [-0.4, -0.2) is 31.4 Å². The largest absolute Gasteiger partial charge is 0.493 e. The monoisotopic (exact) mass is 248 g/mol. The molecule has 0 aliphatic carbocycles. The fourth-order valence-electron chi connectivity index (χ4n) is 2.00. The van der Waals surface area contributed by atoms with Crippen LogP contribution in [0, 0.1) is 5.92 Å². The zero-order chi connectivity index (χ0) is 13.0. The van der Waals surface area contributed by atoms with Crippen LogP contribution in [0.4, 0.5) is 0 Å². The molecule has 1 aromatic rings. The first-order valence-electron chi connectivity index (χ1n) is 6.10. The molecule has 0 N–H and O–H groups in total. The van der Waals surface area contributed by atoms with E-state index < -0.39 is 5.92 Å². The summed E-state index contributed by atoms with van der Waals surface area (Å²) in [6, 6.07) is 7.00. The van der Waals surface area contributed by atoms with Crippen molar-refractivity contribution in [3.8, 4) is 5.75 Å². The Morgan fingerprint density at radius 2 is 2.22 bits per heavy atom. The minimum atomic E-state index is -0.680. The number of carbonyl (C=O) groups excluding carboxylic acids is 2. The van der Waals surface area contributed by atoms with Gasteiger partial charge in [-0.3, -0.25) is 9.59 Å². The quantitative estimate of drug-likeness (QED) is 0.603. The van der Waals surface area contributed by atoms with Crippen molar-refractivity contribution in [3.05, 3.63) is 29.8 Å². The summed E-state index contributed by atoms with van der Waals surface area (Å²) in [5.74, 6) is -0.398. The lowest BCUT2D eigenvalue weighted by Gasteiger charge is -2.20. The van der Waals surface area contributed by atoms with E-state index in [1.165, 1.54) is 0 Å². The van der Waals surface area contributed by atoms with Crippen molar-refractivity contribution in [2.24, 2.45) is 5.92 Å². The second-order valence-electron chi connectivity index (χ2n) is 4.14. The SMILES string of the molecule is CCOc1ccccc1C(=O)C1COCCC1=O. The summed E-state index contributed by atoms with van der Waals surface area (Å²) in [5.41, 5.74) is 0.461. The molecule has 18 heavy (non-hydrogen) atoms. The fourth-order valence-corrected chi connectivity index (χ4v) is 2.00. The van der Waals surface area contributed by atoms with E-state index in [1.807, 2.05) is 6.92 Å². The van der Waals surface area contributed by atoms with Gasteiger partial charge in [-0.1, -0.05) is 12.1 Å². The van der Waals surface area contributed by atoms with Gasteiger partial charge in [0.15, 0.2) is 5.78 Å². The summed E-state index contributed by atoms with van der Waals surface area (Å²) >= 11 is 0. The summed E-state index contributed by atoms with van der Waals surface area (Å²) in [6.07, 6.45) is 0.313. The Morgan fingerprint density at radius 3 is 2.94 bits per heavy atom. The maximum Gasteiger partial charge on any atom is 0.179 e. The van der Waals surface area contributed by atoms with Crippen LogP contribution in [0.1, 0.15) is 23.7 Å². The van der Waals surface area contributed by atoms with E-state index >= 15 is 0 Å². The number of carbonyl (C=O) groups is 2. The van der Waals surface area contributed by atoms with E-state index in [0.717, 1.165) is 0 Å². The summed E-state index contributed by atoms with van der Waals surface area (Å²) in [5, 5.41) is 0. The second-order valence-corrected chi connectivity index (χ2v) is 4.14. The van der Waals surface area contributed by atoms with Crippen LogP contribution in [0.3, 0.4) is 0 Å². The van der Waals surface area contributed by atoms with Crippen LogP contribution in [0.2, 0.25) is 0 Å². The van der Waals surface area contributed by atoms with E-state index in [1.54, 1.807) is 24.3 Å². The molecule has 1 heterocycles. The molecule has 96 valence electrons. The van der Waals surface area contributed by atoms with Crippen molar-refractivity contribution >= 4 is 11.6 Å². The number of para-hydroxylation sites is 1. The Kier molecular flexibility index (Phi) is 4.10. The molecular formula is C14H16O4. The second kappa shape index (κ2) is 5.78. The lowest BCUT2D eigenvalue weighted by atomic mass is 9.91. The van der Waals surface area contributed by atoms with E-state index in [9.17, 15) is 9.59 Å². The lowest BCUT2D eigenvalue weighted by Crippen LogP contribution is -2.34. The minimum Gasteiger partial charge on any atom is -0.493 e. The molecule has 1 unspecified atom stereocenters. The first-order chi connectivity index (χ1) is 8.74. The van der Waals surface area contributed by atoms with Gasteiger partial charge in [0, 0.05) is 6.42 Å². The van der Waals surface area contributed by atoms with Crippen LogP contribution in [0.25, 0.3) is 0 Å². The molecule has 4 heteroatoms. The molecule has 0 spiro atoms. The molecule has 4 nitrogen and oxygen atoms in total. The molecule has 1 fully saturated rings. The molecule has 1 aromatic carbocycles.